The van der Waals surface area contributed by atoms with E-state index in [2.05, 4.69) is 5.10 Å². The van der Waals surface area contributed by atoms with Crippen LogP contribution in [0, 0.1) is 0 Å². The van der Waals surface area contributed by atoms with Crippen LogP contribution in [-0.4, -0.2) is 45.3 Å². The number of hydrogen-bond acceptors (Lipinski definition) is 4. The summed E-state index contributed by atoms with van der Waals surface area (Å²) >= 11 is 0. The number of ether oxygens (including phenoxy) is 1. The van der Waals surface area contributed by atoms with Crippen molar-refractivity contribution in [3.63, 3.8) is 0 Å². The highest BCUT2D eigenvalue weighted by molar-refractivity contribution is 5.80. The number of rotatable bonds is 9. The van der Waals surface area contributed by atoms with Crippen molar-refractivity contribution in [2.45, 2.75) is 26.0 Å². The Morgan fingerprint density at radius 2 is 1.88 bits per heavy atom. The van der Waals surface area contributed by atoms with Gasteiger partial charge in [-0.05, 0) is 36.9 Å². The lowest BCUT2D eigenvalue weighted by atomic mass is 10.2. The van der Waals surface area contributed by atoms with Gasteiger partial charge < -0.3 is 4.74 Å². The van der Waals surface area contributed by atoms with E-state index in [0.717, 1.165) is 23.4 Å². The van der Waals surface area contributed by atoms with Gasteiger partial charge in [0, 0.05) is 36.8 Å². The molecule has 0 amide bonds. The number of alkyl halides is 2. The van der Waals surface area contributed by atoms with Crippen molar-refractivity contribution < 1.29 is 13.5 Å². The van der Waals surface area contributed by atoms with Gasteiger partial charge in [0.25, 0.3) is 11.5 Å². The molecular formula is C25H26F2N4O2. The van der Waals surface area contributed by atoms with Gasteiger partial charge in [-0.1, -0.05) is 30.3 Å². The monoisotopic (exact) mass is 452 g/mol. The maximum absolute atomic E-state index is 13.2. The molecular weight excluding hydrogens is 426 g/mol. The molecule has 0 N–H and O–H groups in total. The van der Waals surface area contributed by atoms with Gasteiger partial charge in [0.1, 0.15) is 12.4 Å². The zero-order chi connectivity index (χ0) is 23.4. The third-order valence-electron chi connectivity index (χ3n) is 5.28. The minimum atomic E-state index is -2.73. The van der Waals surface area contributed by atoms with E-state index >= 15 is 0 Å². The van der Waals surface area contributed by atoms with Crippen LogP contribution in [0.15, 0.2) is 77.9 Å². The van der Waals surface area contributed by atoms with Crippen LogP contribution < -0.4 is 10.3 Å². The van der Waals surface area contributed by atoms with Crippen LogP contribution in [0.25, 0.3) is 16.6 Å². The van der Waals surface area contributed by atoms with E-state index in [-0.39, 0.29) is 12.1 Å². The molecule has 0 aliphatic carbocycles. The molecule has 0 aliphatic rings. The predicted molar refractivity (Wildman–Crippen MR) is 124 cm³/mol. The molecule has 4 rings (SSSR count). The fraction of sp³-hybridized carbons (Fsp3) is 0.280. The first-order chi connectivity index (χ1) is 15.8. The number of fused-ring (bicyclic) bond motifs is 1. The molecule has 2 heterocycles. The van der Waals surface area contributed by atoms with Crippen molar-refractivity contribution in [3.8, 4) is 11.4 Å². The summed E-state index contributed by atoms with van der Waals surface area (Å²) in [5, 5.41) is 5.25. The van der Waals surface area contributed by atoms with Gasteiger partial charge >= 0.3 is 0 Å². The molecule has 0 atom stereocenters. The number of pyridine rings is 1. The lowest BCUT2D eigenvalue weighted by Gasteiger charge is -2.20. The second-order valence-electron chi connectivity index (χ2n) is 8.26. The summed E-state index contributed by atoms with van der Waals surface area (Å²) in [4.78, 5) is 14.3. The molecule has 0 saturated carbocycles. The van der Waals surface area contributed by atoms with Gasteiger partial charge in [0.2, 0.25) is 0 Å². The minimum Gasteiger partial charge on any atom is -0.489 e. The summed E-state index contributed by atoms with van der Waals surface area (Å²) in [5.74, 6) is -2.22. The molecule has 0 bridgehead atoms. The Labute approximate surface area is 190 Å². The Kier molecular flexibility index (Phi) is 6.55. The Balaban J connectivity index is 1.46. The van der Waals surface area contributed by atoms with Crippen molar-refractivity contribution in [1.29, 1.82) is 0 Å². The van der Waals surface area contributed by atoms with Crippen LogP contribution >= 0.6 is 0 Å². The Hall–Kier alpha value is -3.52. The minimum absolute atomic E-state index is 0.200. The molecule has 172 valence electrons. The zero-order valence-electron chi connectivity index (χ0n) is 18.6. The van der Waals surface area contributed by atoms with Crippen LogP contribution in [-0.2, 0) is 13.2 Å². The Bertz CT molecular complexity index is 1280. The second-order valence-corrected chi connectivity index (χ2v) is 8.26. The normalized spacial score (nSPS) is 11.9. The van der Waals surface area contributed by atoms with E-state index < -0.39 is 5.92 Å². The molecule has 4 aromatic rings. The van der Waals surface area contributed by atoms with E-state index in [9.17, 15) is 13.6 Å². The summed E-state index contributed by atoms with van der Waals surface area (Å²) < 4.78 is 35.4. The van der Waals surface area contributed by atoms with Crippen molar-refractivity contribution in [2.75, 3.05) is 20.1 Å². The fourth-order valence-corrected chi connectivity index (χ4v) is 3.73. The van der Waals surface area contributed by atoms with Crippen LogP contribution in [0.4, 0.5) is 8.78 Å². The molecule has 0 fully saturated rings. The summed E-state index contributed by atoms with van der Waals surface area (Å²) in [6.07, 6.45) is 3.41. The smallest absolute Gasteiger partial charge is 0.258 e. The number of hydrogen-bond donors (Lipinski definition) is 0. The van der Waals surface area contributed by atoms with Crippen LogP contribution in [0.3, 0.4) is 0 Å². The number of nitrogens with zero attached hydrogens (tertiary/aromatic N) is 4. The standard InChI is InChI=1S/C25H26F2N4O2/c1-25(26,27)18-29(2)12-13-31-23-9-8-21(14-20(23)16-28-31)30-11-10-22(15-24(30)32)33-17-19-6-4-3-5-7-19/h3-11,14-16H,12-13,17-18H2,1-2H3. The summed E-state index contributed by atoms with van der Waals surface area (Å²) in [6.45, 7) is 1.94. The van der Waals surface area contributed by atoms with E-state index in [1.807, 2.05) is 48.5 Å². The summed E-state index contributed by atoms with van der Waals surface area (Å²) in [5.41, 5.74) is 2.42. The molecule has 0 spiro atoms. The molecule has 33 heavy (non-hydrogen) atoms. The molecule has 0 radical (unpaired) electrons. The second kappa shape index (κ2) is 9.54. The van der Waals surface area contributed by atoms with E-state index in [4.69, 9.17) is 4.74 Å². The van der Waals surface area contributed by atoms with Gasteiger partial charge in [-0.15, -0.1) is 0 Å². The van der Waals surface area contributed by atoms with E-state index in [1.54, 1.807) is 39.7 Å². The highest BCUT2D eigenvalue weighted by Gasteiger charge is 2.23. The molecule has 2 aromatic carbocycles. The summed E-state index contributed by atoms with van der Waals surface area (Å²) in [6, 6.07) is 18.6. The first-order valence-electron chi connectivity index (χ1n) is 10.7. The highest BCUT2D eigenvalue weighted by atomic mass is 19.3. The molecule has 2 aromatic heterocycles. The van der Waals surface area contributed by atoms with Crippen LogP contribution in [0.1, 0.15) is 12.5 Å². The fourth-order valence-electron chi connectivity index (χ4n) is 3.73. The Morgan fingerprint density at radius 1 is 1.09 bits per heavy atom. The van der Waals surface area contributed by atoms with Gasteiger partial charge in [0.05, 0.1) is 24.8 Å². The maximum atomic E-state index is 13.2. The van der Waals surface area contributed by atoms with E-state index in [0.29, 0.717) is 31.1 Å². The zero-order valence-corrected chi connectivity index (χ0v) is 18.6. The maximum Gasteiger partial charge on any atom is 0.258 e. The SMILES string of the molecule is CN(CCn1ncc2cc(-n3ccc(OCc4ccccc4)cc3=O)ccc21)CC(C)(F)F. The molecule has 8 heteroatoms. The molecule has 6 nitrogen and oxygen atoms in total. The number of likely N-dealkylation sites (N-methyl/N-ethyl adjacent to an activating group) is 1. The van der Waals surface area contributed by atoms with Crippen molar-refractivity contribution in [2.24, 2.45) is 0 Å². The molecule has 0 aliphatic heterocycles. The molecule has 0 saturated heterocycles. The first kappa shape index (κ1) is 22.7. The lowest BCUT2D eigenvalue weighted by Crippen LogP contribution is -2.34. The quantitative estimate of drug-likeness (QED) is 0.379. The van der Waals surface area contributed by atoms with Gasteiger partial charge in [0.15, 0.2) is 0 Å². The van der Waals surface area contributed by atoms with Gasteiger partial charge in [-0.25, -0.2) is 8.78 Å². The van der Waals surface area contributed by atoms with Crippen LogP contribution in [0.5, 0.6) is 5.75 Å². The summed E-state index contributed by atoms with van der Waals surface area (Å²) in [7, 11) is 1.67. The third-order valence-corrected chi connectivity index (χ3v) is 5.28. The van der Waals surface area contributed by atoms with Gasteiger partial charge in [-0.2, -0.15) is 5.10 Å². The number of benzene rings is 2. The van der Waals surface area contributed by atoms with Crippen molar-refractivity contribution in [1.82, 2.24) is 19.2 Å². The average Bonchev–Trinajstić information content (AvgIpc) is 3.18. The number of aromatic nitrogens is 3. The van der Waals surface area contributed by atoms with E-state index in [1.165, 1.54) is 6.07 Å². The Morgan fingerprint density at radius 3 is 2.61 bits per heavy atom. The first-order valence-corrected chi connectivity index (χ1v) is 10.7. The number of halogens is 2. The average molecular weight is 453 g/mol. The van der Waals surface area contributed by atoms with Crippen molar-refractivity contribution in [3.05, 3.63) is 89.0 Å². The molecule has 0 unspecified atom stereocenters. The van der Waals surface area contributed by atoms with Crippen LogP contribution in [0.2, 0.25) is 0 Å². The predicted octanol–water partition coefficient (Wildman–Crippen LogP) is 4.35. The lowest BCUT2D eigenvalue weighted by molar-refractivity contribution is -0.00860. The van der Waals surface area contributed by atoms with Crippen molar-refractivity contribution >= 4 is 10.9 Å². The topological polar surface area (TPSA) is 52.3 Å². The largest absolute Gasteiger partial charge is 0.489 e. The van der Waals surface area contributed by atoms with Gasteiger partial charge in [-0.3, -0.25) is 18.9 Å². The third kappa shape index (κ3) is 5.84. The highest BCUT2D eigenvalue weighted by Crippen LogP contribution is 2.19.